The topological polar surface area (TPSA) is 62.3 Å². The first-order chi connectivity index (χ1) is 10.1. The normalized spacial score (nSPS) is 16.0. The highest BCUT2D eigenvalue weighted by molar-refractivity contribution is 7.90. The first-order valence-corrected chi connectivity index (χ1v) is 8.09. The molecule has 3 aromatic rings. The molecule has 0 bridgehead atoms. The quantitative estimate of drug-likeness (QED) is 0.748. The number of H-pyrrole nitrogens is 1. The molecule has 1 aliphatic heterocycles. The molecule has 21 heavy (non-hydrogen) atoms. The van der Waals surface area contributed by atoms with Crippen LogP contribution in [-0.4, -0.2) is 19.1 Å². The highest BCUT2D eigenvalue weighted by atomic mass is 35.5. The molecule has 1 aliphatic rings. The van der Waals surface area contributed by atoms with E-state index in [0.717, 1.165) is 16.5 Å². The maximum absolute atomic E-state index is 12.1. The second-order valence-corrected chi connectivity index (χ2v) is 6.81. The Bertz CT molecular complexity index is 1020. The van der Waals surface area contributed by atoms with Crippen LogP contribution < -0.4 is 0 Å². The Morgan fingerprint density at radius 1 is 1.05 bits per heavy atom. The molecule has 2 aromatic carbocycles. The number of aromatic nitrogens is 1. The number of hydrogen-bond acceptors (Lipinski definition) is 2. The van der Waals surface area contributed by atoms with Gasteiger partial charge in [0.05, 0.1) is 10.6 Å². The molecule has 0 unspecified atom stereocenters. The van der Waals surface area contributed by atoms with Crippen LogP contribution >= 0.6 is 11.6 Å². The van der Waals surface area contributed by atoms with E-state index in [-0.39, 0.29) is 4.90 Å². The molecule has 104 valence electrons. The summed E-state index contributed by atoms with van der Waals surface area (Å²) in [6.07, 6.45) is 1.76. The lowest BCUT2D eigenvalue weighted by Gasteiger charge is -2.00. The van der Waals surface area contributed by atoms with Gasteiger partial charge in [-0.15, -0.1) is 0 Å². The first kappa shape index (κ1) is 12.6. The van der Waals surface area contributed by atoms with Gasteiger partial charge >= 0.3 is 0 Å². The van der Waals surface area contributed by atoms with Crippen molar-refractivity contribution in [2.75, 3.05) is 0 Å². The predicted octanol–water partition coefficient (Wildman–Crippen LogP) is 3.36. The van der Waals surface area contributed by atoms with Crippen LogP contribution in [-0.2, 0) is 10.0 Å². The third-order valence-electron chi connectivity index (χ3n) is 3.53. The van der Waals surface area contributed by atoms with Crippen molar-refractivity contribution in [1.29, 1.82) is 0 Å². The van der Waals surface area contributed by atoms with Crippen LogP contribution in [0.15, 0.2) is 58.0 Å². The highest BCUT2D eigenvalue weighted by Crippen LogP contribution is 2.32. The minimum atomic E-state index is -3.61. The summed E-state index contributed by atoms with van der Waals surface area (Å²) in [5.41, 5.74) is 2.71. The van der Waals surface area contributed by atoms with Gasteiger partial charge in [-0.1, -0.05) is 35.9 Å². The molecule has 2 heterocycles. The molecule has 0 spiro atoms. The van der Waals surface area contributed by atoms with Crippen molar-refractivity contribution in [3.8, 4) is 0 Å². The summed E-state index contributed by atoms with van der Waals surface area (Å²) in [6.45, 7) is 0. The lowest BCUT2D eigenvalue weighted by Crippen LogP contribution is -1.99. The summed E-state index contributed by atoms with van der Waals surface area (Å²) in [6, 6.07) is 12.3. The van der Waals surface area contributed by atoms with E-state index < -0.39 is 10.0 Å². The summed E-state index contributed by atoms with van der Waals surface area (Å²) in [4.78, 5) is 3.36. The third-order valence-corrected chi connectivity index (χ3v) is 5.10. The lowest BCUT2D eigenvalue weighted by molar-refractivity contribution is 0.599. The molecule has 0 aliphatic carbocycles. The number of rotatable bonds is 1. The smallest absolute Gasteiger partial charge is 0.283 e. The first-order valence-electron chi connectivity index (χ1n) is 6.28. The Morgan fingerprint density at radius 3 is 2.71 bits per heavy atom. The molecule has 0 radical (unpaired) electrons. The maximum atomic E-state index is 12.1. The van der Waals surface area contributed by atoms with E-state index in [1.54, 1.807) is 42.6 Å². The zero-order chi connectivity index (χ0) is 14.6. The number of hydrogen-bond donors (Lipinski definition) is 1. The van der Waals surface area contributed by atoms with Gasteiger partial charge in [0.2, 0.25) is 0 Å². The molecule has 0 fully saturated rings. The van der Waals surface area contributed by atoms with Crippen LogP contribution in [0.5, 0.6) is 0 Å². The Labute approximate surface area is 126 Å². The van der Waals surface area contributed by atoms with Crippen LogP contribution in [0.3, 0.4) is 0 Å². The van der Waals surface area contributed by atoms with E-state index in [2.05, 4.69) is 9.38 Å². The second kappa shape index (κ2) is 4.19. The van der Waals surface area contributed by atoms with E-state index in [1.165, 1.54) is 0 Å². The van der Waals surface area contributed by atoms with Crippen LogP contribution in [0.1, 0.15) is 11.1 Å². The number of nitrogens with one attached hydrogen (secondary N) is 1. The molecular formula is C15H9ClN2O2S. The Morgan fingerprint density at radius 2 is 1.86 bits per heavy atom. The average molecular weight is 317 g/mol. The van der Waals surface area contributed by atoms with Crippen molar-refractivity contribution in [3.63, 3.8) is 0 Å². The standard InChI is InChI=1S/C15H9ClN2O2S/c16-9-5-6-10-12(8-17-13(10)7-9)15-11-3-1-2-4-14(11)21(19,20)18-15/h1-8,17H. The Balaban J connectivity index is 2.03. The fraction of sp³-hybridized carbons (Fsp3) is 0. The minimum Gasteiger partial charge on any atom is -0.360 e. The maximum Gasteiger partial charge on any atom is 0.283 e. The van der Waals surface area contributed by atoms with Gasteiger partial charge in [0.25, 0.3) is 10.0 Å². The van der Waals surface area contributed by atoms with Crippen molar-refractivity contribution in [2.24, 2.45) is 4.40 Å². The minimum absolute atomic E-state index is 0.253. The van der Waals surface area contributed by atoms with E-state index in [0.29, 0.717) is 16.3 Å². The van der Waals surface area contributed by atoms with Gasteiger partial charge in [0, 0.05) is 33.2 Å². The largest absolute Gasteiger partial charge is 0.360 e. The molecule has 1 aromatic heterocycles. The Hall–Kier alpha value is -2.11. The molecule has 1 N–H and O–H groups in total. The van der Waals surface area contributed by atoms with Gasteiger partial charge in [-0.2, -0.15) is 12.8 Å². The molecule has 0 amide bonds. The summed E-state index contributed by atoms with van der Waals surface area (Å²) in [7, 11) is -3.61. The average Bonchev–Trinajstić information content (AvgIpc) is 2.98. The van der Waals surface area contributed by atoms with E-state index >= 15 is 0 Å². The summed E-state index contributed by atoms with van der Waals surface area (Å²) in [5, 5.41) is 1.52. The Kier molecular flexibility index (Phi) is 2.52. The molecule has 6 heteroatoms. The van der Waals surface area contributed by atoms with Crippen molar-refractivity contribution < 1.29 is 8.42 Å². The molecule has 0 saturated heterocycles. The van der Waals surface area contributed by atoms with Gasteiger partial charge in [-0.25, -0.2) is 0 Å². The second-order valence-electron chi connectivity index (χ2n) is 4.80. The van der Waals surface area contributed by atoms with Crippen molar-refractivity contribution in [2.45, 2.75) is 4.90 Å². The summed E-state index contributed by atoms with van der Waals surface area (Å²) in [5.74, 6) is 0. The number of fused-ring (bicyclic) bond motifs is 2. The molecule has 0 atom stereocenters. The van der Waals surface area contributed by atoms with Crippen molar-refractivity contribution >= 4 is 38.2 Å². The molecule has 0 saturated carbocycles. The fourth-order valence-corrected chi connectivity index (χ4v) is 4.00. The highest BCUT2D eigenvalue weighted by Gasteiger charge is 2.30. The van der Waals surface area contributed by atoms with E-state index in [4.69, 9.17) is 11.6 Å². The van der Waals surface area contributed by atoms with Crippen LogP contribution in [0.2, 0.25) is 5.02 Å². The summed E-state index contributed by atoms with van der Waals surface area (Å²) < 4.78 is 28.2. The molecular weight excluding hydrogens is 308 g/mol. The molecule has 4 nitrogen and oxygen atoms in total. The van der Waals surface area contributed by atoms with Crippen molar-refractivity contribution in [3.05, 3.63) is 64.8 Å². The van der Waals surface area contributed by atoms with Gasteiger partial charge in [0.1, 0.15) is 0 Å². The zero-order valence-electron chi connectivity index (χ0n) is 10.7. The van der Waals surface area contributed by atoms with Gasteiger partial charge in [-0.3, -0.25) is 0 Å². The molecule has 4 rings (SSSR count). The van der Waals surface area contributed by atoms with Gasteiger partial charge in [-0.05, 0) is 18.2 Å². The van der Waals surface area contributed by atoms with Gasteiger partial charge in [0.15, 0.2) is 0 Å². The zero-order valence-corrected chi connectivity index (χ0v) is 12.2. The number of sulfonamides is 1. The SMILES string of the molecule is O=S1(=O)N=C(c2c[nH]c3cc(Cl)ccc23)c2ccccc21. The predicted molar refractivity (Wildman–Crippen MR) is 82.6 cm³/mol. The lowest BCUT2D eigenvalue weighted by atomic mass is 10.0. The number of nitrogens with zero attached hydrogens (tertiary/aromatic N) is 1. The third kappa shape index (κ3) is 1.81. The fourth-order valence-electron chi connectivity index (χ4n) is 2.59. The van der Waals surface area contributed by atoms with Crippen LogP contribution in [0, 0.1) is 0 Å². The number of benzene rings is 2. The number of aromatic amines is 1. The summed E-state index contributed by atoms with van der Waals surface area (Å²) >= 11 is 5.97. The van der Waals surface area contributed by atoms with E-state index in [9.17, 15) is 8.42 Å². The van der Waals surface area contributed by atoms with Gasteiger partial charge < -0.3 is 4.98 Å². The van der Waals surface area contributed by atoms with Crippen molar-refractivity contribution in [1.82, 2.24) is 4.98 Å². The number of halogens is 1. The van der Waals surface area contributed by atoms with Crippen LogP contribution in [0.25, 0.3) is 10.9 Å². The monoisotopic (exact) mass is 316 g/mol. The van der Waals surface area contributed by atoms with E-state index in [1.807, 2.05) is 6.07 Å². The van der Waals surface area contributed by atoms with Crippen LogP contribution in [0.4, 0.5) is 0 Å².